The van der Waals surface area contributed by atoms with Crippen molar-refractivity contribution in [3.05, 3.63) is 65.2 Å². The van der Waals surface area contributed by atoms with Gasteiger partial charge in [-0.2, -0.15) is 0 Å². The van der Waals surface area contributed by atoms with E-state index in [2.05, 4.69) is 10.6 Å². The molecule has 1 rings (SSSR count). The predicted molar refractivity (Wildman–Crippen MR) is 104 cm³/mol. The first-order valence-electron chi connectivity index (χ1n) is 8.15. The monoisotopic (exact) mass is 341 g/mol. The molecule has 0 aliphatic rings. The van der Waals surface area contributed by atoms with Gasteiger partial charge >= 0.3 is 0 Å². The first-order chi connectivity index (χ1) is 11.9. The van der Waals surface area contributed by atoms with E-state index in [1.807, 2.05) is 58.2 Å². The molecule has 25 heavy (non-hydrogen) atoms. The number of ketones is 1. The highest BCUT2D eigenvalue weighted by atomic mass is 16.5. The molecule has 1 aromatic carbocycles. The van der Waals surface area contributed by atoms with Crippen molar-refractivity contribution in [2.45, 2.75) is 27.7 Å². The minimum absolute atomic E-state index is 0.0307. The van der Waals surface area contributed by atoms with Crippen LogP contribution in [0.2, 0.25) is 0 Å². The highest BCUT2D eigenvalue weighted by Crippen LogP contribution is 2.15. The Morgan fingerprint density at radius 2 is 1.84 bits per heavy atom. The molecule has 0 aliphatic heterocycles. The average molecular weight is 341 g/mol. The number of para-hydroxylation sites is 1. The molecule has 1 aromatic rings. The molecule has 0 bridgehead atoms. The lowest BCUT2D eigenvalue weighted by Gasteiger charge is -2.16. The van der Waals surface area contributed by atoms with Gasteiger partial charge in [0.2, 0.25) is 0 Å². The number of carbonyl (C=O) groups is 1. The van der Waals surface area contributed by atoms with Crippen LogP contribution < -0.4 is 10.6 Å². The van der Waals surface area contributed by atoms with E-state index in [1.165, 1.54) is 6.92 Å². The summed E-state index contributed by atoms with van der Waals surface area (Å²) in [6.45, 7) is 7.08. The second-order valence-corrected chi connectivity index (χ2v) is 5.63. The van der Waals surface area contributed by atoms with Gasteiger partial charge in [0.1, 0.15) is 18.2 Å². The van der Waals surface area contributed by atoms with Crippen molar-refractivity contribution in [3.8, 4) is 0 Å². The van der Waals surface area contributed by atoms with Crippen molar-refractivity contribution >= 4 is 17.2 Å². The Morgan fingerprint density at radius 1 is 1.20 bits per heavy atom. The Balaban J connectivity index is 2.96. The van der Waals surface area contributed by atoms with Gasteiger partial charge in [0.05, 0.1) is 5.71 Å². The van der Waals surface area contributed by atoms with Crippen LogP contribution in [0.4, 0.5) is 5.69 Å². The lowest BCUT2D eigenvalue weighted by molar-refractivity contribution is -0.120. The van der Waals surface area contributed by atoms with Gasteiger partial charge in [-0.25, -0.2) is 0 Å². The summed E-state index contributed by atoms with van der Waals surface area (Å²) in [6.07, 6.45) is 3.55. The predicted octanol–water partition coefficient (Wildman–Crippen LogP) is 4.02. The quantitative estimate of drug-likeness (QED) is 0.360. The first-order valence-corrected chi connectivity index (χ1v) is 8.15. The van der Waals surface area contributed by atoms with E-state index in [1.54, 1.807) is 12.2 Å². The topological polar surface area (TPSA) is 74.2 Å². The number of allylic oxidation sites excluding steroid dienone is 4. The highest BCUT2D eigenvalue weighted by molar-refractivity contribution is 6.10. The highest BCUT2D eigenvalue weighted by Gasteiger charge is 2.10. The van der Waals surface area contributed by atoms with Crippen LogP contribution in [0.15, 0.2) is 65.2 Å². The summed E-state index contributed by atoms with van der Waals surface area (Å²) in [5.74, 6) is 1.30. The number of nitrogens with one attached hydrogen (secondary N) is 3. The van der Waals surface area contributed by atoms with Gasteiger partial charge in [0, 0.05) is 18.3 Å². The minimum Gasteiger partial charge on any atom is -0.486 e. The molecule has 0 unspecified atom stereocenters. The van der Waals surface area contributed by atoms with Crippen LogP contribution in [-0.2, 0) is 9.53 Å². The Kier molecular flexibility index (Phi) is 8.19. The summed E-state index contributed by atoms with van der Waals surface area (Å²) in [7, 11) is 1.81. The summed E-state index contributed by atoms with van der Waals surface area (Å²) in [5.41, 5.74) is 2.86. The molecule has 0 atom stereocenters. The Bertz CT molecular complexity index is 701. The van der Waals surface area contributed by atoms with Gasteiger partial charge in [-0.05, 0) is 57.6 Å². The molecule has 0 spiro atoms. The van der Waals surface area contributed by atoms with Crippen molar-refractivity contribution in [3.63, 3.8) is 0 Å². The molecular weight excluding hydrogens is 314 g/mol. The minimum atomic E-state index is -0.0407. The van der Waals surface area contributed by atoms with E-state index in [-0.39, 0.29) is 12.4 Å². The average Bonchev–Trinajstić information content (AvgIpc) is 2.62. The number of hydrogen-bond donors (Lipinski definition) is 3. The summed E-state index contributed by atoms with van der Waals surface area (Å²) >= 11 is 0. The van der Waals surface area contributed by atoms with Crippen LogP contribution in [0.25, 0.3) is 0 Å². The van der Waals surface area contributed by atoms with Crippen LogP contribution in [0.3, 0.4) is 0 Å². The van der Waals surface area contributed by atoms with Crippen LogP contribution in [-0.4, -0.2) is 25.1 Å². The number of ether oxygens (including phenoxy) is 1. The smallest absolute Gasteiger partial charge is 0.167 e. The van der Waals surface area contributed by atoms with Crippen molar-refractivity contribution in [2.75, 3.05) is 19.0 Å². The maximum Gasteiger partial charge on any atom is 0.167 e. The SMILES string of the molecule is C/C=C(/C=C(\C)C(=N)/C(C)=C(/NC)Nc1ccccc1)OCC(C)=O. The summed E-state index contributed by atoms with van der Waals surface area (Å²) in [6, 6.07) is 9.78. The van der Waals surface area contributed by atoms with E-state index >= 15 is 0 Å². The number of anilines is 1. The molecule has 5 nitrogen and oxygen atoms in total. The van der Waals surface area contributed by atoms with E-state index in [4.69, 9.17) is 10.1 Å². The third-order valence-electron chi connectivity index (χ3n) is 3.52. The number of benzene rings is 1. The standard InChI is InChI=1S/C20H27N3O2/c1-6-18(25-13-15(3)24)12-14(2)19(21)16(4)20(22-5)23-17-10-8-7-9-11-17/h6-12,21-23H,13H2,1-5H3/b14-12+,18-6-,20-16-,21-19?. The largest absolute Gasteiger partial charge is 0.486 e. The molecule has 0 heterocycles. The van der Waals surface area contributed by atoms with Gasteiger partial charge in [-0.15, -0.1) is 0 Å². The van der Waals surface area contributed by atoms with Gasteiger partial charge in [0.15, 0.2) is 5.78 Å². The van der Waals surface area contributed by atoms with E-state index < -0.39 is 0 Å². The number of hydrogen-bond acceptors (Lipinski definition) is 5. The Labute approximate surface area is 150 Å². The maximum atomic E-state index is 11.1. The van der Waals surface area contributed by atoms with Crippen LogP contribution >= 0.6 is 0 Å². The molecule has 0 saturated heterocycles. The van der Waals surface area contributed by atoms with Crippen molar-refractivity contribution in [1.82, 2.24) is 5.32 Å². The fourth-order valence-corrected chi connectivity index (χ4v) is 2.11. The van der Waals surface area contributed by atoms with Gasteiger partial charge in [-0.3, -0.25) is 4.79 Å². The second-order valence-electron chi connectivity index (χ2n) is 5.63. The lowest BCUT2D eigenvalue weighted by Crippen LogP contribution is -2.20. The number of rotatable bonds is 9. The normalized spacial score (nSPS) is 13.0. The molecule has 3 N–H and O–H groups in total. The second kappa shape index (κ2) is 10.1. The molecule has 0 fully saturated rings. The Hall–Kier alpha value is -2.82. The van der Waals surface area contributed by atoms with Gasteiger partial charge in [-0.1, -0.05) is 18.2 Å². The molecule has 0 amide bonds. The number of carbonyl (C=O) groups excluding carboxylic acids is 1. The first kappa shape index (κ1) is 20.2. The van der Waals surface area contributed by atoms with E-state index in [9.17, 15) is 4.79 Å². The van der Waals surface area contributed by atoms with Crippen LogP contribution in [0.5, 0.6) is 0 Å². The fraction of sp³-hybridized carbons (Fsp3) is 0.300. The third kappa shape index (κ3) is 6.67. The summed E-state index contributed by atoms with van der Waals surface area (Å²) < 4.78 is 5.43. The van der Waals surface area contributed by atoms with Crippen molar-refractivity contribution in [2.24, 2.45) is 0 Å². The van der Waals surface area contributed by atoms with Crippen molar-refractivity contribution < 1.29 is 9.53 Å². The maximum absolute atomic E-state index is 11.1. The van der Waals surface area contributed by atoms with Crippen molar-refractivity contribution in [1.29, 1.82) is 5.41 Å². The van der Waals surface area contributed by atoms with Gasteiger partial charge in [0.25, 0.3) is 0 Å². The van der Waals surface area contributed by atoms with E-state index in [0.717, 1.165) is 22.7 Å². The molecule has 0 aliphatic carbocycles. The number of Topliss-reactive ketones (excluding diaryl/α,β-unsaturated/α-hetero) is 1. The summed E-state index contributed by atoms with van der Waals surface area (Å²) in [5, 5.41) is 14.8. The Morgan fingerprint density at radius 3 is 2.36 bits per heavy atom. The molecule has 0 aromatic heterocycles. The molecule has 0 saturated carbocycles. The van der Waals surface area contributed by atoms with Crippen LogP contribution in [0.1, 0.15) is 27.7 Å². The zero-order valence-electron chi connectivity index (χ0n) is 15.6. The van der Waals surface area contributed by atoms with E-state index in [0.29, 0.717) is 11.5 Å². The lowest BCUT2D eigenvalue weighted by atomic mass is 10.0. The van der Waals surface area contributed by atoms with Gasteiger partial charge < -0.3 is 20.8 Å². The third-order valence-corrected chi connectivity index (χ3v) is 3.52. The summed E-state index contributed by atoms with van der Waals surface area (Å²) in [4.78, 5) is 11.1. The molecule has 134 valence electrons. The molecule has 0 radical (unpaired) electrons. The molecular formula is C20H27N3O2. The zero-order valence-corrected chi connectivity index (χ0v) is 15.6. The molecule has 5 heteroatoms. The fourth-order valence-electron chi connectivity index (χ4n) is 2.11. The zero-order chi connectivity index (χ0) is 18.8. The van der Waals surface area contributed by atoms with Crippen LogP contribution in [0, 0.1) is 5.41 Å².